The van der Waals surface area contributed by atoms with E-state index in [1.54, 1.807) is 48.5 Å². The van der Waals surface area contributed by atoms with Crippen LogP contribution in [0.2, 0.25) is 0 Å². The second kappa shape index (κ2) is 6.71. The maximum absolute atomic E-state index is 12.4. The molecule has 1 amide bonds. The molecule has 0 bridgehead atoms. The van der Waals surface area contributed by atoms with Crippen molar-refractivity contribution in [2.75, 3.05) is 0 Å². The Morgan fingerprint density at radius 2 is 1.89 bits per heavy atom. The van der Waals surface area contributed by atoms with Crippen molar-refractivity contribution in [3.05, 3.63) is 83.7 Å². The largest absolute Gasteiger partial charge is 0.493 e. The minimum Gasteiger partial charge on any atom is -0.493 e. The van der Waals surface area contributed by atoms with Gasteiger partial charge in [0.2, 0.25) is 5.88 Å². The molecule has 0 saturated carbocycles. The molecule has 0 unspecified atom stereocenters. The first-order chi connectivity index (χ1) is 13.0. The number of fused-ring (bicyclic) bond motifs is 1. The summed E-state index contributed by atoms with van der Waals surface area (Å²) in [5, 5.41) is 11.6. The highest BCUT2D eigenvalue weighted by Gasteiger charge is 2.27. The Bertz CT molecular complexity index is 1280. The third-order valence-corrected chi connectivity index (χ3v) is 5.64. The number of Topliss-reactive ketones (excluding diaryl/α,β-unsaturated/α-hetero) is 1. The van der Waals surface area contributed by atoms with Gasteiger partial charge in [-0.25, -0.2) is 4.99 Å². The number of aromatic hydroxyl groups is 1. The van der Waals surface area contributed by atoms with E-state index in [1.807, 2.05) is 0 Å². The highest BCUT2D eigenvalue weighted by atomic mass is 79.9. The van der Waals surface area contributed by atoms with E-state index in [4.69, 9.17) is 0 Å². The molecule has 4 rings (SSSR count). The number of ketones is 1. The lowest BCUT2D eigenvalue weighted by Gasteiger charge is -2.04. The van der Waals surface area contributed by atoms with E-state index in [-0.39, 0.29) is 22.8 Å². The zero-order valence-electron chi connectivity index (χ0n) is 13.7. The van der Waals surface area contributed by atoms with Crippen LogP contribution >= 0.6 is 27.3 Å². The Kier molecular flexibility index (Phi) is 4.37. The van der Waals surface area contributed by atoms with Crippen molar-refractivity contribution < 1.29 is 14.7 Å². The average molecular weight is 443 g/mol. The number of hydrogen-bond donors (Lipinski definition) is 1. The normalized spacial score (nSPS) is 12.8. The van der Waals surface area contributed by atoms with Gasteiger partial charge in [0.25, 0.3) is 5.91 Å². The van der Waals surface area contributed by atoms with Crippen molar-refractivity contribution in [3.63, 3.8) is 0 Å². The zero-order valence-corrected chi connectivity index (χ0v) is 16.1. The summed E-state index contributed by atoms with van der Waals surface area (Å²) in [6, 6.07) is 13.6. The van der Waals surface area contributed by atoms with Crippen LogP contribution in [0.25, 0.3) is 5.57 Å². The number of hydrogen-bond acceptors (Lipinski definition) is 5. The summed E-state index contributed by atoms with van der Waals surface area (Å²) < 4.78 is 1.72. The van der Waals surface area contributed by atoms with Gasteiger partial charge in [0.1, 0.15) is 4.88 Å². The molecule has 1 aromatic heterocycles. The molecule has 1 N–H and O–H groups in total. The Labute approximate surface area is 164 Å². The van der Waals surface area contributed by atoms with E-state index in [0.29, 0.717) is 16.1 Å². The van der Waals surface area contributed by atoms with Gasteiger partial charge in [0.15, 0.2) is 5.78 Å². The highest BCUT2D eigenvalue weighted by Crippen LogP contribution is 2.28. The standard InChI is InChI=1S/C19H11BrN2O4S/c20-11-6-7-13-12(8-11)15(17(24)21-13)16-18(25)22(19(26)27-16)9-14(23)10-4-2-1-3-5-10/h1-8,25H,9H2. The molecule has 0 spiro atoms. The Morgan fingerprint density at radius 1 is 1.15 bits per heavy atom. The van der Waals surface area contributed by atoms with Crippen LogP contribution in [0, 0.1) is 0 Å². The first kappa shape index (κ1) is 17.6. The number of amides is 1. The molecule has 2 aromatic carbocycles. The summed E-state index contributed by atoms with van der Waals surface area (Å²) in [4.78, 5) is 40.7. The number of aromatic nitrogens is 1. The van der Waals surface area contributed by atoms with Gasteiger partial charge in [0, 0.05) is 15.3 Å². The van der Waals surface area contributed by atoms with Gasteiger partial charge in [-0.05, 0) is 18.2 Å². The minimum absolute atomic E-state index is 0.117. The Balaban J connectivity index is 1.82. The summed E-state index contributed by atoms with van der Waals surface area (Å²) in [6.45, 7) is -0.310. The summed E-state index contributed by atoms with van der Waals surface area (Å²) in [6.07, 6.45) is 0. The van der Waals surface area contributed by atoms with Crippen molar-refractivity contribution in [2.24, 2.45) is 4.99 Å². The first-order valence-corrected chi connectivity index (χ1v) is 9.51. The summed E-state index contributed by atoms with van der Waals surface area (Å²) in [5.41, 5.74) is 0.599. The number of halogens is 1. The lowest BCUT2D eigenvalue weighted by molar-refractivity contribution is -0.112. The van der Waals surface area contributed by atoms with Crippen LogP contribution in [-0.4, -0.2) is 21.4 Å². The van der Waals surface area contributed by atoms with Crippen molar-refractivity contribution >= 4 is 44.5 Å². The fourth-order valence-electron chi connectivity index (χ4n) is 2.86. The molecule has 3 aromatic rings. The number of carbonyl (C=O) groups excluding carboxylic acids is 2. The van der Waals surface area contributed by atoms with E-state index in [2.05, 4.69) is 20.9 Å². The van der Waals surface area contributed by atoms with Gasteiger partial charge in [0.05, 0.1) is 17.5 Å². The molecule has 1 aliphatic rings. The van der Waals surface area contributed by atoms with Gasteiger partial charge >= 0.3 is 4.87 Å². The maximum Gasteiger partial charge on any atom is 0.311 e. The summed E-state index contributed by atoms with van der Waals surface area (Å²) >= 11 is 4.07. The number of thiazole rings is 1. The Morgan fingerprint density at radius 3 is 2.63 bits per heavy atom. The van der Waals surface area contributed by atoms with Gasteiger partial charge in [-0.15, -0.1) is 0 Å². The molecular formula is C19H11BrN2O4S. The van der Waals surface area contributed by atoms with Gasteiger partial charge in [-0.2, -0.15) is 0 Å². The smallest absolute Gasteiger partial charge is 0.311 e. The lowest BCUT2D eigenvalue weighted by Crippen LogP contribution is -2.22. The van der Waals surface area contributed by atoms with Crippen LogP contribution in [0.15, 0.2) is 62.8 Å². The summed E-state index contributed by atoms with van der Waals surface area (Å²) in [7, 11) is 0. The van der Waals surface area contributed by atoms with Crippen LogP contribution < -0.4 is 15.4 Å². The monoisotopic (exact) mass is 442 g/mol. The van der Waals surface area contributed by atoms with E-state index >= 15 is 0 Å². The molecule has 27 heavy (non-hydrogen) atoms. The fourth-order valence-corrected chi connectivity index (χ4v) is 4.16. The molecule has 0 radical (unpaired) electrons. The molecule has 0 aliphatic carbocycles. The van der Waals surface area contributed by atoms with Crippen LogP contribution in [0.3, 0.4) is 0 Å². The van der Waals surface area contributed by atoms with Crippen molar-refractivity contribution in [2.45, 2.75) is 6.54 Å². The van der Waals surface area contributed by atoms with Crippen molar-refractivity contribution in [1.29, 1.82) is 0 Å². The molecular weight excluding hydrogens is 432 g/mol. The van der Waals surface area contributed by atoms with Gasteiger partial charge in [-0.1, -0.05) is 57.6 Å². The zero-order chi connectivity index (χ0) is 19.1. The van der Waals surface area contributed by atoms with E-state index in [0.717, 1.165) is 20.4 Å². The minimum atomic E-state index is -0.527. The van der Waals surface area contributed by atoms with Gasteiger partial charge in [-0.3, -0.25) is 19.0 Å². The third kappa shape index (κ3) is 3.07. The topological polar surface area (TPSA) is 88.7 Å². The molecule has 0 saturated heterocycles. The molecule has 1 aliphatic heterocycles. The first-order valence-electron chi connectivity index (χ1n) is 7.90. The number of rotatable bonds is 4. The molecule has 134 valence electrons. The van der Waals surface area contributed by atoms with Crippen LogP contribution in [0.4, 0.5) is 0 Å². The number of carbonyl (C=O) groups is 2. The second-order valence-electron chi connectivity index (χ2n) is 5.85. The molecule has 2 heterocycles. The van der Waals surface area contributed by atoms with E-state index < -0.39 is 16.7 Å². The predicted octanol–water partition coefficient (Wildman–Crippen LogP) is 1.62. The van der Waals surface area contributed by atoms with Crippen molar-refractivity contribution in [1.82, 2.24) is 4.57 Å². The molecule has 0 fully saturated rings. The van der Waals surface area contributed by atoms with Crippen LogP contribution in [-0.2, 0) is 11.3 Å². The predicted molar refractivity (Wildman–Crippen MR) is 103 cm³/mol. The Hall–Kier alpha value is -2.84. The average Bonchev–Trinajstić information content (AvgIpc) is 3.12. The molecule has 6 nitrogen and oxygen atoms in total. The third-order valence-electron chi connectivity index (χ3n) is 4.16. The maximum atomic E-state index is 12.4. The van der Waals surface area contributed by atoms with Crippen LogP contribution in [0.1, 0.15) is 15.2 Å². The molecule has 0 atom stereocenters. The van der Waals surface area contributed by atoms with Gasteiger partial charge < -0.3 is 5.11 Å². The number of benzene rings is 2. The van der Waals surface area contributed by atoms with E-state index in [1.165, 1.54) is 0 Å². The number of nitrogens with zero attached hydrogens (tertiary/aromatic N) is 2. The van der Waals surface area contributed by atoms with E-state index in [9.17, 15) is 19.5 Å². The quantitative estimate of drug-likeness (QED) is 0.621. The summed E-state index contributed by atoms with van der Waals surface area (Å²) in [5.74, 6) is -1.24. The SMILES string of the molecule is O=C1N=c2ccc(Br)cc2=C1c1sc(=O)n(CC(=O)c2ccccc2)c1O. The highest BCUT2D eigenvalue weighted by molar-refractivity contribution is 9.10. The molecule has 8 heteroatoms. The van der Waals surface area contributed by atoms with Crippen LogP contribution in [0.5, 0.6) is 5.88 Å². The fraction of sp³-hybridized carbons (Fsp3) is 0.0526. The van der Waals surface area contributed by atoms with Crippen molar-refractivity contribution in [3.8, 4) is 5.88 Å². The second-order valence-corrected chi connectivity index (χ2v) is 7.73. The lowest BCUT2D eigenvalue weighted by atomic mass is 10.1.